The van der Waals surface area contributed by atoms with Crippen LogP contribution in [-0.2, 0) is 0 Å². The van der Waals surface area contributed by atoms with E-state index in [2.05, 4.69) is 18.3 Å². The molecular formula is C15H19ClN2O. The molecule has 4 heteroatoms. The Kier molecular flexibility index (Phi) is 4.34. The summed E-state index contributed by atoms with van der Waals surface area (Å²) in [6.45, 7) is 2.70. The van der Waals surface area contributed by atoms with Gasteiger partial charge in [-0.2, -0.15) is 5.26 Å². The van der Waals surface area contributed by atoms with E-state index in [0.29, 0.717) is 23.0 Å². The number of nitrogens with zero attached hydrogens (tertiary/aromatic N) is 1. The van der Waals surface area contributed by atoms with E-state index >= 15 is 0 Å². The fourth-order valence-electron chi connectivity index (χ4n) is 2.50. The summed E-state index contributed by atoms with van der Waals surface area (Å²) >= 11 is 5.86. The van der Waals surface area contributed by atoms with Gasteiger partial charge in [-0.05, 0) is 49.8 Å². The van der Waals surface area contributed by atoms with Crippen molar-refractivity contribution in [3.8, 4) is 6.07 Å². The summed E-state index contributed by atoms with van der Waals surface area (Å²) in [4.78, 5) is 0. The summed E-state index contributed by atoms with van der Waals surface area (Å²) in [5.41, 5.74) is 0.595. The Morgan fingerprint density at radius 3 is 2.79 bits per heavy atom. The van der Waals surface area contributed by atoms with Crippen LogP contribution in [0, 0.1) is 17.2 Å². The van der Waals surface area contributed by atoms with E-state index < -0.39 is 5.60 Å². The standard InChI is InChI=1S/C15H19ClN2O/c1-11-4-6-15(19,7-5-11)10-18-14-3-2-13(16)8-12(14)9-17/h2-3,8,11,18-19H,4-7,10H2,1H3. The lowest BCUT2D eigenvalue weighted by molar-refractivity contribution is 0.00501. The molecule has 19 heavy (non-hydrogen) atoms. The van der Waals surface area contributed by atoms with Crippen molar-refractivity contribution in [2.75, 3.05) is 11.9 Å². The monoisotopic (exact) mass is 278 g/mol. The number of rotatable bonds is 3. The number of nitriles is 1. The second-order valence-corrected chi connectivity index (χ2v) is 6.00. The molecule has 1 aliphatic carbocycles. The van der Waals surface area contributed by atoms with Gasteiger partial charge in [-0.1, -0.05) is 18.5 Å². The van der Waals surface area contributed by atoms with E-state index in [9.17, 15) is 5.11 Å². The van der Waals surface area contributed by atoms with Crippen molar-refractivity contribution < 1.29 is 5.11 Å². The van der Waals surface area contributed by atoms with Gasteiger partial charge in [-0.3, -0.25) is 0 Å². The fraction of sp³-hybridized carbons (Fsp3) is 0.533. The summed E-state index contributed by atoms with van der Waals surface area (Å²) in [6.07, 6.45) is 3.75. The Labute approximate surface area is 119 Å². The molecular weight excluding hydrogens is 260 g/mol. The first-order valence-corrected chi connectivity index (χ1v) is 7.06. The first-order valence-electron chi connectivity index (χ1n) is 6.68. The molecule has 0 atom stereocenters. The van der Waals surface area contributed by atoms with Crippen molar-refractivity contribution in [2.24, 2.45) is 5.92 Å². The molecule has 2 rings (SSSR count). The molecule has 1 saturated carbocycles. The van der Waals surface area contributed by atoms with Gasteiger partial charge >= 0.3 is 0 Å². The van der Waals surface area contributed by atoms with Crippen LogP contribution in [-0.4, -0.2) is 17.3 Å². The second-order valence-electron chi connectivity index (χ2n) is 5.56. The fourth-order valence-corrected chi connectivity index (χ4v) is 2.67. The molecule has 102 valence electrons. The summed E-state index contributed by atoms with van der Waals surface area (Å²) in [6, 6.07) is 7.29. The highest BCUT2D eigenvalue weighted by Gasteiger charge is 2.31. The molecule has 3 nitrogen and oxygen atoms in total. The quantitative estimate of drug-likeness (QED) is 0.889. The molecule has 1 aliphatic rings. The van der Waals surface area contributed by atoms with Crippen molar-refractivity contribution in [3.05, 3.63) is 28.8 Å². The van der Waals surface area contributed by atoms with Gasteiger partial charge in [0.1, 0.15) is 6.07 Å². The number of anilines is 1. The highest BCUT2D eigenvalue weighted by Crippen LogP contribution is 2.32. The maximum absolute atomic E-state index is 10.5. The molecule has 0 amide bonds. The predicted octanol–water partition coefficient (Wildman–Crippen LogP) is 3.56. The first-order chi connectivity index (χ1) is 9.02. The first kappa shape index (κ1) is 14.2. The van der Waals surface area contributed by atoms with E-state index in [1.165, 1.54) is 0 Å². The molecule has 0 radical (unpaired) electrons. The summed E-state index contributed by atoms with van der Waals surface area (Å²) in [7, 11) is 0. The average molecular weight is 279 g/mol. The topological polar surface area (TPSA) is 56.0 Å². The molecule has 0 aliphatic heterocycles. The van der Waals surface area contributed by atoms with Gasteiger partial charge in [0.05, 0.1) is 16.9 Å². The van der Waals surface area contributed by atoms with Crippen LogP contribution in [0.15, 0.2) is 18.2 Å². The maximum atomic E-state index is 10.5. The van der Waals surface area contributed by atoms with Gasteiger partial charge in [0.25, 0.3) is 0 Å². The number of halogens is 1. The lowest BCUT2D eigenvalue weighted by Crippen LogP contribution is -2.40. The van der Waals surface area contributed by atoms with Crippen LogP contribution < -0.4 is 5.32 Å². The van der Waals surface area contributed by atoms with Crippen molar-refractivity contribution in [2.45, 2.75) is 38.2 Å². The van der Waals surface area contributed by atoms with Gasteiger partial charge < -0.3 is 10.4 Å². The van der Waals surface area contributed by atoms with Gasteiger partial charge in [-0.15, -0.1) is 0 Å². The molecule has 2 N–H and O–H groups in total. The van der Waals surface area contributed by atoms with E-state index in [1.807, 2.05) is 0 Å². The lowest BCUT2D eigenvalue weighted by atomic mass is 9.79. The number of benzene rings is 1. The van der Waals surface area contributed by atoms with Crippen LogP contribution in [0.1, 0.15) is 38.2 Å². The molecule has 1 aromatic carbocycles. The number of aliphatic hydroxyl groups is 1. The van der Waals surface area contributed by atoms with Gasteiger partial charge in [-0.25, -0.2) is 0 Å². The van der Waals surface area contributed by atoms with Crippen LogP contribution in [0.3, 0.4) is 0 Å². The average Bonchev–Trinajstić information content (AvgIpc) is 2.41. The van der Waals surface area contributed by atoms with Crippen LogP contribution in [0.5, 0.6) is 0 Å². The van der Waals surface area contributed by atoms with Gasteiger partial charge in [0.2, 0.25) is 0 Å². The molecule has 0 unspecified atom stereocenters. The highest BCUT2D eigenvalue weighted by molar-refractivity contribution is 6.30. The molecule has 0 aromatic heterocycles. The zero-order chi connectivity index (χ0) is 13.9. The van der Waals surface area contributed by atoms with Crippen molar-refractivity contribution in [1.29, 1.82) is 5.26 Å². The summed E-state index contributed by atoms with van der Waals surface area (Å²) in [5, 5.41) is 23.3. The molecule has 1 aromatic rings. The van der Waals surface area contributed by atoms with Crippen LogP contribution in [0.25, 0.3) is 0 Å². The van der Waals surface area contributed by atoms with Crippen molar-refractivity contribution >= 4 is 17.3 Å². The molecule has 1 fully saturated rings. The van der Waals surface area contributed by atoms with Crippen LogP contribution >= 0.6 is 11.6 Å². The van der Waals surface area contributed by atoms with Crippen LogP contribution in [0.4, 0.5) is 5.69 Å². The maximum Gasteiger partial charge on any atom is 0.101 e. The van der Waals surface area contributed by atoms with Gasteiger partial charge in [0, 0.05) is 11.6 Å². The minimum Gasteiger partial charge on any atom is -0.388 e. The Morgan fingerprint density at radius 2 is 2.16 bits per heavy atom. The normalized spacial score (nSPS) is 26.7. The largest absolute Gasteiger partial charge is 0.388 e. The lowest BCUT2D eigenvalue weighted by Gasteiger charge is -2.35. The number of hydrogen-bond donors (Lipinski definition) is 2. The Balaban J connectivity index is 2.01. The zero-order valence-corrected chi connectivity index (χ0v) is 11.9. The SMILES string of the molecule is CC1CCC(O)(CNc2ccc(Cl)cc2C#N)CC1. The second kappa shape index (κ2) is 5.81. The van der Waals surface area contributed by atoms with Gasteiger partial charge in [0.15, 0.2) is 0 Å². The predicted molar refractivity (Wildman–Crippen MR) is 77.2 cm³/mol. The van der Waals surface area contributed by atoms with E-state index in [4.69, 9.17) is 16.9 Å². The third-order valence-electron chi connectivity index (χ3n) is 3.91. The van der Waals surface area contributed by atoms with Crippen molar-refractivity contribution in [1.82, 2.24) is 0 Å². The third kappa shape index (κ3) is 3.62. The Hall–Kier alpha value is -1.24. The van der Waals surface area contributed by atoms with Crippen molar-refractivity contribution in [3.63, 3.8) is 0 Å². The van der Waals surface area contributed by atoms with E-state index in [-0.39, 0.29) is 0 Å². The highest BCUT2D eigenvalue weighted by atomic mass is 35.5. The zero-order valence-electron chi connectivity index (χ0n) is 11.1. The summed E-state index contributed by atoms with van der Waals surface area (Å²) < 4.78 is 0. The molecule has 0 bridgehead atoms. The number of hydrogen-bond acceptors (Lipinski definition) is 3. The smallest absolute Gasteiger partial charge is 0.101 e. The Morgan fingerprint density at radius 1 is 1.47 bits per heavy atom. The Bertz CT molecular complexity index is 487. The van der Waals surface area contributed by atoms with Crippen LogP contribution in [0.2, 0.25) is 5.02 Å². The summed E-state index contributed by atoms with van der Waals surface area (Å²) in [5.74, 6) is 0.700. The molecule has 0 spiro atoms. The molecule has 0 saturated heterocycles. The minimum absolute atomic E-state index is 0.482. The third-order valence-corrected chi connectivity index (χ3v) is 4.15. The molecule has 0 heterocycles. The minimum atomic E-state index is -0.654. The van der Waals surface area contributed by atoms with E-state index in [0.717, 1.165) is 31.4 Å². The number of nitrogens with one attached hydrogen (secondary N) is 1. The van der Waals surface area contributed by atoms with E-state index in [1.54, 1.807) is 18.2 Å².